The Morgan fingerprint density at radius 3 is 2.67 bits per heavy atom. The minimum atomic E-state index is 0.872. The van der Waals surface area contributed by atoms with Crippen molar-refractivity contribution in [3.8, 4) is 0 Å². The van der Waals surface area contributed by atoms with Crippen molar-refractivity contribution in [3.63, 3.8) is 0 Å². The molecule has 0 saturated carbocycles. The molecule has 0 fully saturated rings. The van der Waals surface area contributed by atoms with Crippen LogP contribution in [-0.2, 0) is 0 Å². The predicted octanol–water partition coefficient (Wildman–Crippen LogP) is -0.0936. The van der Waals surface area contributed by atoms with Gasteiger partial charge < -0.3 is 5.32 Å². The van der Waals surface area contributed by atoms with Gasteiger partial charge in [-0.15, -0.1) is 0 Å². The monoisotopic (exact) mass is 86.1 g/mol. The first-order valence-electron chi connectivity index (χ1n) is 1.97. The van der Waals surface area contributed by atoms with Crippen molar-refractivity contribution in [2.24, 2.45) is 4.99 Å². The molecule has 0 atom stereocenters. The quantitative estimate of drug-likeness (QED) is 0.466. The summed E-state index contributed by atoms with van der Waals surface area (Å²) in [5.74, 6) is 0. The van der Waals surface area contributed by atoms with Gasteiger partial charge in [-0.1, -0.05) is 0 Å². The molecule has 0 aromatic rings. The van der Waals surface area contributed by atoms with E-state index >= 15 is 0 Å². The van der Waals surface area contributed by atoms with Crippen molar-refractivity contribution in [1.29, 1.82) is 0 Å². The molecule has 1 N–H and O–H groups in total. The molecule has 0 aliphatic rings. The van der Waals surface area contributed by atoms with E-state index < -0.39 is 0 Å². The van der Waals surface area contributed by atoms with Crippen molar-refractivity contribution >= 4 is 6.21 Å². The Bertz CT molecular complexity index is 40.8. The van der Waals surface area contributed by atoms with Crippen molar-refractivity contribution in [2.45, 2.75) is 0 Å². The third kappa shape index (κ3) is 3.63. The minimum absolute atomic E-state index is 0.872. The zero-order valence-corrected chi connectivity index (χ0v) is 4.23. The number of nitrogens with one attached hydrogen (secondary N) is 1. The Morgan fingerprint density at radius 2 is 2.50 bits per heavy atom. The molecule has 0 saturated heterocycles. The molecule has 0 amide bonds. The topological polar surface area (TPSA) is 24.4 Å². The van der Waals surface area contributed by atoms with Crippen molar-refractivity contribution in [1.82, 2.24) is 5.32 Å². The first-order valence-corrected chi connectivity index (χ1v) is 1.97. The van der Waals surface area contributed by atoms with Crippen LogP contribution in [0.3, 0.4) is 0 Å². The zero-order valence-electron chi connectivity index (χ0n) is 4.23. The normalized spacial score (nSPS) is 10.3. The van der Waals surface area contributed by atoms with Crippen molar-refractivity contribution < 1.29 is 0 Å². The number of hydrogen-bond donors (Lipinski definition) is 1. The fraction of sp³-hybridized carbons (Fsp3) is 0.750. The average Bonchev–Trinajstić information content (AvgIpc) is 1.61. The molecule has 0 rings (SSSR count). The van der Waals surface area contributed by atoms with E-state index in [1.165, 1.54) is 0 Å². The summed E-state index contributed by atoms with van der Waals surface area (Å²) < 4.78 is 0. The first-order chi connectivity index (χ1) is 2.91. The lowest BCUT2D eigenvalue weighted by molar-refractivity contribution is 0.956. The Morgan fingerprint density at radius 1 is 1.83 bits per heavy atom. The van der Waals surface area contributed by atoms with Gasteiger partial charge in [-0.05, 0) is 7.05 Å². The molecule has 0 unspecified atom stereocenters. The summed E-state index contributed by atoms with van der Waals surface area (Å²) in [7, 11) is 3.65. The molecule has 36 valence electrons. The van der Waals surface area contributed by atoms with Crippen LogP contribution in [0.25, 0.3) is 0 Å². The highest BCUT2D eigenvalue weighted by molar-refractivity contribution is 5.59. The molecule has 0 spiro atoms. The van der Waals surface area contributed by atoms with Crippen LogP contribution in [0.2, 0.25) is 0 Å². The van der Waals surface area contributed by atoms with E-state index in [1.54, 1.807) is 7.05 Å². The second-order valence-corrected chi connectivity index (χ2v) is 0.998. The third-order valence-corrected chi connectivity index (χ3v) is 0.478. The largest absolute Gasteiger partial charge is 0.315 e. The summed E-state index contributed by atoms with van der Waals surface area (Å²) >= 11 is 0. The number of nitrogens with zero attached hydrogens (tertiary/aromatic N) is 1. The summed E-state index contributed by atoms with van der Waals surface area (Å²) in [5.41, 5.74) is 0. The summed E-state index contributed by atoms with van der Waals surface area (Å²) in [6.07, 6.45) is 1.82. The van der Waals surface area contributed by atoms with Crippen molar-refractivity contribution in [2.75, 3.05) is 20.6 Å². The first kappa shape index (κ1) is 5.63. The predicted molar refractivity (Wildman–Crippen MR) is 28.3 cm³/mol. The van der Waals surface area contributed by atoms with Crippen LogP contribution in [0.1, 0.15) is 0 Å². The molecule has 0 radical (unpaired) electrons. The van der Waals surface area contributed by atoms with Gasteiger partial charge >= 0.3 is 0 Å². The fourth-order valence-corrected chi connectivity index (χ4v) is 0.183. The van der Waals surface area contributed by atoms with Crippen LogP contribution in [0.4, 0.5) is 0 Å². The van der Waals surface area contributed by atoms with Gasteiger partial charge in [0.25, 0.3) is 0 Å². The van der Waals surface area contributed by atoms with Gasteiger partial charge in [0.15, 0.2) is 0 Å². The maximum atomic E-state index is 3.74. The third-order valence-electron chi connectivity index (χ3n) is 0.478. The van der Waals surface area contributed by atoms with Crippen LogP contribution >= 0.6 is 0 Å². The summed E-state index contributed by atoms with van der Waals surface area (Å²) in [6.45, 7) is 0.872. The molecule has 0 aromatic heterocycles. The molecule has 2 heteroatoms. The summed E-state index contributed by atoms with van der Waals surface area (Å²) in [6, 6.07) is 0. The number of aliphatic imine (C=N–C) groups is 1. The van der Waals surface area contributed by atoms with E-state index in [-0.39, 0.29) is 0 Å². The Labute approximate surface area is 38.3 Å². The molecule has 0 aromatic carbocycles. The standard InChI is InChI=1S/C4H10N2/c1-5-3-4-6-2/h3,6H,4H2,1-2H3/b5-3+. The van der Waals surface area contributed by atoms with Gasteiger partial charge in [0, 0.05) is 19.8 Å². The molecular weight excluding hydrogens is 76.1 g/mol. The molecule has 0 aliphatic heterocycles. The number of rotatable bonds is 2. The lowest BCUT2D eigenvalue weighted by Gasteiger charge is -1.81. The minimum Gasteiger partial charge on any atom is -0.315 e. The van der Waals surface area contributed by atoms with Gasteiger partial charge in [0.05, 0.1) is 0 Å². The Balaban J connectivity index is 2.66. The van der Waals surface area contributed by atoms with Gasteiger partial charge in [-0.3, -0.25) is 4.99 Å². The van der Waals surface area contributed by atoms with Crippen LogP contribution in [0, 0.1) is 0 Å². The average molecular weight is 86.1 g/mol. The second-order valence-electron chi connectivity index (χ2n) is 0.998. The molecule has 0 bridgehead atoms. The van der Waals surface area contributed by atoms with Crippen LogP contribution < -0.4 is 5.32 Å². The van der Waals surface area contributed by atoms with Gasteiger partial charge in [-0.25, -0.2) is 0 Å². The maximum Gasteiger partial charge on any atom is 0.0301 e. The lowest BCUT2D eigenvalue weighted by atomic mass is 10.7. The maximum absolute atomic E-state index is 3.74. The van der Waals surface area contributed by atoms with Crippen molar-refractivity contribution in [3.05, 3.63) is 0 Å². The Hall–Kier alpha value is -0.370. The highest BCUT2D eigenvalue weighted by Gasteiger charge is 1.62. The summed E-state index contributed by atoms with van der Waals surface area (Å²) in [4.78, 5) is 3.74. The molecule has 2 nitrogen and oxygen atoms in total. The lowest BCUT2D eigenvalue weighted by Crippen LogP contribution is -2.07. The van der Waals surface area contributed by atoms with Crippen LogP contribution in [0.15, 0.2) is 4.99 Å². The molecule has 6 heavy (non-hydrogen) atoms. The smallest absolute Gasteiger partial charge is 0.0301 e. The molecule has 0 aliphatic carbocycles. The van der Waals surface area contributed by atoms with E-state index in [0.29, 0.717) is 0 Å². The zero-order chi connectivity index (χ0) is 4.83. The number of hydrogen-bond acceptors (Lipinski definition) is 2. The highest BCUT2D eigenvalue weighted by Crippen LogP contribution is 1.46. The van der Waals surface area contributed by atoms with E-state index in [1.807, 2.05) is 13.3 Å². The second kappa shape index (κ2) is 4.63. The van der Waals surface area contributed by atoms with Crippen LogP contribution in [0.5, 0.6) is 0 Å². The van der Waals surface area contributed by atoms with Gasteiger partial charge in [-0.2, -0.15) is 0 Å². The van der Waals surface area contributed by atoms with Crippen LogP contribution in [-0.4, -0.2) is 26.9 Å². The molecular formula is C4H10N2. The SMILES string of the molecule is C/N=C/CNC. The van der Waals surface area contributed by atoms with E-state index in [4.69, 9.17) is 0 Å². The summed E-state index contributed by atoms with van der Waals surface area (Å²) in [5, 5.41) is 2.92. The van der Waals surface area contributed by atoms with E-state index in [2.05, 4.69) is 10.3 Å². The fourth-order valence-electron chi connectivity index (χ4n) is 0.183. The Kier molecular flexibility index (Phi) is 4.34. The van der Waals surface area contributed by atoms with Gasteiger partial charge in [0.1, 0.15) is 0 Å². The van der Waals surface area contributed by atoms with Gasteiger partial charge in [0.2, 0.25) is 0 Å². The van der Waals surface area contributed by atoms with E-state index in [0.717, 1.165) is 6.54 Å². The highest BCUT2D eigenvalue weighted by atomic mass is 14.8. The van der Waals surface area contributed by atoms with E-state index in [9.17, 15) is 0 Å². The molecule has 0 heterocycles.